The first kappa shape index (κ1) is 18.9. The van der Waals surface area contributed by atoms with Gasteiger partial charge in [-0.1, -0.05) is 30.3 Å². The monoisotopic (exact) mass is 381 g/mol. The number of hydrogen-bond acceptors (Lipinski definition) is 6. The first-order valence-electron chi connectivity index (χ1n) is 8.10. The highest BCUT2D eigenvalue weighted by atomic mass is 19.3. The lowest BCUT2D eigenvalue weighted by atomic mass is 10.2. The largest absolute Gasteiger partial charge is 0.444 e. The summed E-state index contributed by atoms with van der Waals surface area (Å²) in [6, 6.07) is 10.1. The Morgan fingerprint density at radius 2 is 2.11 bits per heavy atom. The number of carbonyl (C=O) groups is 1. The molecule has 2 unspecified atom stereocenters. The van der Waals surface area contributed by atoms with E-state index in [4.69, 9.17) is 14.6 Å². The van der Waals surface area contributed by atoms with Gasteiger partial charge < -0.3 is 14.6 Å². The Bertz CT molecular complexity index is 859. The van der Waals surface area contributed by atoms with Crippen LogP contribution < -0.4 is 11.0 Å². The molecule has 1 saturated heterocycles. The van der Waals surface area contributed by atoms with Crippen LogP contribution in [0.4, 0.5) is 19.4 Å². The molecular formula is C17H17F2N3O5. The van der Waals surface area contributed by atoms with Crippen molar-refractivity contribution in [3.8, 4) is 0 Å². The molecule has 0 saturated carbocycles. The van der Waals surface area contributed by atoms with Crippen LogP contribution in [0.2, 0.25) is 0 Å². The van der Waals surface area contributed by atoms with Gasteiger partial charge in [0.2, 0.25) is 6.23 Å². The molecule has 1 aromatic heterocycles. The number of aliphatic hydroxyl groups excluding tert-OH is 1. The van der Waals surface area contributed by atoms with Gasteiger partial charge in [0.15, 0.2) is 0 Å². The SMILES string of the molecule is O=C(Nc1ccn(C2OC(CO)CC2(F)F)c(=O)n1)OCc1ccccc1. The van der Waals surface area contributed by atoms with E-state index in [1.807, 2.05) is 6.07 Å². The van der Waals surface area contributed by atoms with Gasteiger partial charge in [0.25, 0.3) is 5.92 Å². The maximum Gasteiger partial charge on any atom is 0.413 e. The molecule has 2 N–H and O–H groups in total. The van der Waals surface area contributed by atoms with E-state index in [1.165, 1.54) is 6.07 Å². The van der Waals surface area contributed by atoms with Crippen LogP contribution >= 0.6 is 0 Å². The minimum Gasteiger partial charge on any atom is -0.444 e. The van der Waals surface area contributed by atoms with Gasteiger partial charge in [-0.25, -0.2) is 18.4 Å². The van der Waals surface area contributed by atoms with E-state index in [9.17, 15) is 18.4 Å². The number of anilines is 1. The van der Waals surface area contributed by atoms with Crippen molar-refractivity contribution >= 4 is 11.9 Å². The van der Waals surface area contributed by atoms with Crippen LogP contribution in [0.5, 0.6) is 0 Å². The lowest BCUT2D eigenvalue weighted by molar-refractivity contribution is -0.120. The Morgan fingerprint density at radius 1 is 1.37 bits per heavy atom. The highest BCUT2D eigenvalue weighted by Crippen LogP contribution is 2.41. The van der Waals surface area contributed by atoms with Crippen molar-refractivity contribution in [3.05, 3.63) is 58.6 Å². The number of hydrogen-bond donors (Lipinski definition) is 2. The van der Waals surface area contributed by atoms with Crippen molar-refractivity contribution in [3.63, 3.8) is 0 Å². The van der Waals surface area contributed by atoms with Gasteiger partial charge >= 0.3 is 11.8 Å². The quantitative estimate of drug-likeness (QED) is 0.820. The predicted molar refractivity (Wildman–Crippen MR) is 89.3 cm³/mol. The third kappa shape index (κ3) is 4.47. The number of aromatic nitrogens is 2. The highest BCUT2D eigenvalue weighted by molar-refractivity contribution is 5.83. The van der Waals surface area contributed by atoms with Crippen molar-refractivity contribution in [1.82, 2.24) is 9.55 Å². The van der Waals surface area contributed by atoms with Gasteiger partial charge in [-0.2, -0.15) is 4.98 Å². The van der Waals surface area contributed by atoms with E-state index in [0.29, 0.717) is 4.57 Å². The molecule has 1 amide bonds. The Labute approximate surface area is 152 Å². The fraction of sp³-hybridized carbons (Fsp3) is 0.353. The number of carbonyl (C=O) groups excluding carboxylic acids is 1. The van der Waals surface area contributed by atoms with Crippen LogP contribution in [0.3, 0.4) is 0 Å². The summed E-state index contributed by atoms with van der Waals surface area (Å²) in [4.78, 5) is 27.4. The molecule has 10 heteroatoms. The van der Waals surface area contributed by atoms with Gasteiger partial charge in [-0.15, -0.1) is 0 Å². The molecule has 1 aliphatic rings. The molecule has 0 bridgehead atoms. The predicted octanol–water partition coefficient (Wildman–Crippen LogP) is 1.91. The molecule has 0 radical (unpaired) electrons. The number of amides is 1. The lowest BCUT2D eigenvalue weighted by Crippen LogP contribution is -2.35. The fourth-order valence-electron chi connectivity index (χ4n) is 2.64. The topological polar surface area (TPSA) is 103 Å². The van der Waals surface area contributed by atoms with E-state index in [0.717, 1.165) is 11.8 Å². The Balaban J connectivity index is 1.64. The number of ether oxygens (including phenoxy) is 2. The van der Waals surface area contributed by atoms with Gasteiger partial charge in [-0.3, -0.25) is 9.88 Å². The van der Waals surface area contributed by atoms with E-state index in [2.05, 4.69) is 10.3 Å². The third-order valence-electron chi connectivity index (χ3n) is 3.91. The lowest BCUT2D eigenvalue weighted by Gasteiger charge is -2.19. The zero-order chi connectivity index (χ0) is 19.4. The van der Waals surface area contributed by atoms with Gasteiger partial charge in [0, 0.05) is 12.6 Å². The number of rotatable bonds is 5. The second-order valence-corrected chi connectivity index (χ2v) is 5.95. The van der Waals surface area contributed by atoms with Crippen molar-refractivity contribution < 1.29 is 28.2 Å². The van der Waals surface area contributed by atoms with E-state index < -0.39 is 43.1 Å². The molecule has 2 aromatic rings. The molecule has 0 aliphatic carbocycles. The van der Waals surface area contributed by atoms with Crippen LogP contribution in [-0.2, 0) is 16.1 Å². The summed E-state index contributed by atoms with van der Waals surface area (Å²) in [5.41, 5.74) is -0.255. The Hall–Kier alpha value is -2.85. The van der Waals surface area contributed by atoms with Crippen molar-refractivity contribution in [2.75, 3.05) is 11.9 Å². The zero-order valence-electron chi connectivity index (χ0n) is 14.0. The summed E-state index contributed by atoms with van der Waals surface area (Å²) in [5, 5.41) is 11.2. The molecule has 2 atom stereocenters. The minimum atomic E-state index is -3.33. The Kier molecular flexibility index (Phi) is 5.47. The second-order valence-electron chi connectivity index (χ2n) is 5.95. The number of halogens is 2. The molecule has 27 heavy (non-hydrogen) atoms. The van der Waals surface area contributed by atoms with Crippen LogP contribution in [-0.4, -0.2) is 39.4 Å². The van der Waals surface area contributed by atoms with Crippen LogP contribution in [0, 0.1) is 0 Å². The van der Waals surface area contributed by atoms with E-state index in [-0.39, 0.29) is 12.4 Å². The molecule has 144 valence electrons. The summed E-state index contributed by atoms with van der Waals surface area (Å²) in [6.45, 7) is -0.560. The number of benzene rings is 1. The van der Waals surface area contributed by atoms with Gasteiger partial charge in [-0.05, 0) is 11.6 Å². The average molecular weight is 381 g/mol. The smallest absolute Gasteiger partial charge is 0.413 e. The first-order valence-corrected chi connectivity index (χ1v) is 8.10. The minimum absolute atomic E-state index is 0.0222. The molecule has 3 rings (SSSR count). The summed E-state index contributed by atoms with van der Waals surface area (Å²) >= 11 is 0. The zero-order valence-corrected chi connectivity index (χ0v) is 14.0. The number of alkyl halides is 2. The highest BCUT2D eigenvalue weighted by Gasteiger charge is 2.51. The van der Waals surface area contributed by atoms with Gasteiger partial charge in [0.05, 0.1) is 12.7 Å². The molecular weight excluding hydrogens is 364 g/mol. The molecule has 0 spiro atoms. The number of nitrogens with one attached hydrogen (secondary N) is 1. The normalized spacial score (nSPS) is 21.0. The van der Waals surface area contributed by atoms with Crippen molar-refractivity contribution in [1.29, 1.82) is 0 Å². The summed E-state index contributed by atoms with van der Waals surface area (Å²) in [6.07, 6.45) is -3.44. The Morgan fingerprint density at radius 3 is 2.74 bits per heavy atom. The molecule has 1 aliphatic heterocycles. The first-order chi connectivity index (χ1) is 12.9. The third-order valence-corrected chi connectivity index (χ3v) is 3.91. The summed E-state index contributed by atoms with van der Waals surface area (Å²) < 4.78 is 38.6. The van der Waals surface area contributed by atoms with Crippen LogP contribution in [0.15, 0.2) is 47.4 Å². The molecule has 1 aromatic carbocycles. The maximum absolute atomic E-state index is 14.0. The molecule has 1 fully saturated rings. The van der Waals surface area contributed by atoms with Crippen LogP contribution in [0.1, 0.15) is 18.2 Å². The summed E-state index contributed by atoms with van der Waals surface area (Å²) in [5.74, 6) is -3.48. The average Bonchev–Trinajstić information content (AvgIpc) is 2.95. The van der Waals surface area contributed by atoms with E-state index in [1.54, 1.807) is 24.3 Å². The standard InChI is InChI=1S/C17H17F2N3O5/c18-17(19)8-12(9-23)27-14(17)22-7-6-13(20-15(22)24)21-16(25)26-10-11-4-2-1-3-5-11/h1-7,12,14,23H,8-10H2,(H,20,21,24,25). The van der Waals surface area contributed by atoms with Crippen molar-refractivity contribution in [2.24, 2.45) is 0 Å². The fourth-order valence-corrected chi connectivity index (χ4v) is 2.64. The van der Waals surface area contributed by atoms with Gasteiger partial charge in [0.1, 0.15) is 12.4 Å². The summed E-state index contributed by atoms with van der Waals surface area (Å²) in [7, 11) is 0. The molecule has 8 nitrogen and oxygen atoms in total. The maximum atomic E-state index is 14.0. The van der Waals surface area contributed by atoms with Crippen molar-refractivity contribution in [2.45, 2.75) is 31.3 Å². The molecule has 2 heterocycles. The van der Waals surface area contributed by atoms with E-state index >= 15 is 0 Å². The number of nitrogens with zero attached hydrogens (tertiary/aromatic N) is 2. The van der Waals surface area contributed by atoms with Crippen LogP contribution in [0.25, 0.3) is 0 Å². The second kappa shape index (κ2) is 7.80. The number of aliphatic hydroxyl groups is 1.